The van der Waals surface area contributed by atoms with E-state index in [1.165, 1.54) is 12.8 Å². The molecule has 1 aliphatic rings. The molecular formula is C23H28N4O2. The summed E-state index contributed by atoms with van der Waals surface area (Å²) in [6.45, 7) is 3.76. The van der Waals surface area contributed by atoms with E-state index in [1.807, 2.05) is 36.4 Å². The molecule has 4 rings (SSSR count). The first-order valence-electron chi connectivity index (χ1n) is 10.4. The van der Waals surface area contributed by atoms with E-state index in [4.69, 9.17) is 4.74 Å². The van der Waals surface area contributed by atoms with Gasteiger partial charge in [0.2, 0.25) is 0 Å². The minimum absolute atomic E-state index is 0.159. The zero-order chi connectivity index (χ0) is 19.9. The van der Waals surface area contributed by atoms with Gasteiger partial charge in [0.05, 0.1) is 17.7 Å². The smallest absolute Gasteiger partial charge is 0.272 e. The number of unbranched alkanes of at least 4 members (excludes halogenated alkanes) is 2. The Morgan fingerprint density at radius 2 is 1.90 bits per heavy atom. The number of nitrogens with one attached hydrogen (secondary N) is 3. The summed E-state index contributed by atoms with van der Waals surface area (Å²) >= 11 is 0. The fourth-order valence-electron chi connectivity index (χ4n) is 3.77. The largest absolute Gasteiger partial charge is 0.385 e. The van der Waals surface area contributed by atoms with Gasteiger partial charge in [0.1, 0.15) is 0 Å². The number of hydrogen-bond donors (Lipinski definition) is 3. The second-order valence-electron chi connectivity index (χ2n) is 7.53. The highest BCUT2D eigenvalue weighted by molar-refractivity contribution is 5.94. The summed E-state index contributed by atoms with van der Waals surface area (Å²) in [7, 11) is 0. The van der Waals surface area contributed by atoms with Crippen LogP contribution in [0.25, 0.3) is 22.0 Å². The Balaban J connectivity index is 1.30. The van der Waals surface area contributed by atoms with Gasteiger partial charge in [-0.1, -0.05) is 36.8 Å². The quantitative estimate of drug-likeness (QED) is 0.485. The zero-order valence-electron chi connectivity index (χ0n) is 16.6. The SMILES string of the molecule is O=c1[nH]nc(-c2cccc(NCCCCCNC3CCOC3)c2)c2ccccc12. The van der Waals surface area contributed by atoms with E-state index in [1.54, 1.807) is 0 Å². The van der Waals surface area contributed by atoms with Crippen LogP contribution in [0.3, 0.4) is 0 Å². The van der Waals surface area contributed by atoms with Crippen molar-refractivity contribution < 1.29 is 4.74 Å². The van der Waals surface area contributed by atoms with Crippen LogP contribution < -0.4 is 16.2 Å². The number of aromatic nitrogens is 2. The highest BCUT2D eigenvalue weighted by atomic mass is 16.5. The van der Waals surface area contributed by atoms with Crippen LogP contribution in [0.2, 0.25) is 0 Å². The molecule has 0 amide bonds. The van der Waals surface area contributed by atoms with E-state index in [0.29, 0.717) is 11.4 Å². The molecule has 1 aromatic heterocycles. The van der Waals surface area contributed by atoms with Crippen LogP contribution in [0.1, 0.15) is 25.7 Å². The van der Waals surface area contributed by atoms with Gasteiger partial charge in [0, 0.05) is 35.8 Å². The molecule has 152 valence electrons. The van der Waals surface area contributed by atoms with Crippen molar-refractivity contribution in [3.05, 3.63) is 58.9 Å². The van der Waals surface area contributed by atoms with Crippen molar-refractivity contribution in [2.24, 2.45) is 0 Å². The van der Waals surface area contributed by atoms with Crippen molar-refractivity contribution in [3.63, 3.8) is 0 Å². The molecule has 6 heteroatoms. The number of ether oxygens (including phenoxy) is 1. The number of rotatable bonds is 9. The summed E-state index contributed by atoms with van der Waals surface area (Å²) in [6, 6.07) is 16.3. The summed E-state index contributed by atoms with van der Waals surface area (Å²) in [4.78, 5) is 12.0. The first kappa shape index (κ1) is 19.6. The first-order chi connectivity index (χ1) is 14.3. The molecule has 3 N–H and O–H groups in total. The lowest BCUT2D eigenvalue weighted by molar-refractivity contribution is 0.190. The molecule has 0 aliphatic carbocycles. The van der Waals surface area contributed by atoms with Gasteiger partial charge >= 0.3 is 0 Å². The third-order valence-electron chi connectivity index (χ3n) is 5.38. The van der Waals surface area contributed by atoms with Crippen LogP contribution in [0, 0.1) is 0 Å². The van der Waals surface area contributed by atoms with Gasteiger partial charge in [0.25, 0.3) is 5.56 Å². The molecule has 0 bridgehead atoms. The van der Waals surface area contributed by atoms with Gasteiger partial charge in [0.15, 0.2) is 0 Å². The van der Waals surface area contributed by atoms with Crippen molar-refractivity contribution in [2.45, 2.75) is 31.7 Å². The molecule has 1 unspecified atom stereocenters. The predicted octanol–water partition coefficient (Wildman–Crippen LogP) is 3.55. The summed E-state index contributed by atoms with van der Waals surface area (Å²) < 4.78 is 5.38. The number of H-pyrrole nitrogens is 1. The van der Waals surface area contributed by atoms with Crippen molar-refractivity contribution in [1.82, 2.24) is 15.5 Å². The van der Waals surface area contributed by atoms with Gasteiger partial charge in [-0.05, 0) is 44.0 Å². The molecule has 0 radical (unpaired) electrons. The molecule has 1 fully saturated rings. The molecular weight excluding hydrogens is 364 g/mol. The molecule has 6 nitrogen and oxygen atoms in total. The van der Waals surface area contributed by atoms with Gasteiger partial charge in [-0.25, -0.2) is 5.10 Å². The lowest BCUT2D eigenvalue weighted by atomic mass is 10.0. The Morgan fingerprint density at radius 3 is 2.76 bits per heavy atom. The molecule has 3 aromatic rings. The standard InChI is InChI=1S/C23H28N4O2/c28-23-21-10-3-2-9-20(21)22(26-27-23)17-7-6-8-18(15-17)24-12-4-1-5-13-25-19-11-14-29-16-19/h2-3,6-10,15,19,24-25H,1,4-5,11-14,16H2,(H,27,28). The Hall–Kier alpha value is -2.70. The number of benzene rings is 2. The summed E-state index contributed by atoms with van der Waals surface area (Å²) in [5, 5.41) is 15.5. The molecule has 0 spiro atoms. The number of nitrogens with zero attached hydrogens (tertiary/aromatic N) is 1. The highest BCUT2D eigenvalue weighted by Gasteiger charge is 2.13. The van der Waals surface area contributed by atoms with E-state index < -0.39 is 0 Å². The van der Waals surface area contributed by atoms with E-state index in [-0.39, 0.29) is 5.56 Å². The van der Waals surface area contributed by atoms with Crippen molar-refractivity contribution in [2.75, 3.05) is 31.6 Å². The van der Waals surface area contributed by atoms with Crippen molar-refractivity contribution in [3.8, 4) is 11.3 Å². The predicted molar refractivity (Wildman–Crippen MR) is 117 cm³/mol. The Kier molecular flexibility index (Phi) is 6.54. The van der Waals surface area contributed by atoms with E-state index in [2.05, 4.69) is 33.0 Å². The zero-order valence-corrected chi connectivity index (χ0v) is 16.6. The maximum absolute atomic E-state index is 12.0. The van der Waals surface area contributed by atoms with Crippen LogP contribution >= 0.6 is 0 Å². The summed E-state index contributed by atoms with van der Waals surface area (Å²) in [6.07, 6.45) is 4.65. The average Bonchev–Trinajstić information content (AvgIpc) is 3.27. The van der Waals surface area contributed by atoms with Crippen molar-refractivity contribution >= 4 is 16.5 Å². The van der Waals surface area contributed by atoms with Crippen LogP contribution in [0.15, 0.2) is 53.3 Å². The van der Waals surface area contributed by atoms with E-state index >= 15 is 0 Å². The number of aromatic amines is 1. The van der Waals surface area contributed by atoms with E-state index in [0.717, 1.165) is 61.5 Å². The van der Waals surface area contributed by atoms with Crippen LogP contribution in [0.5, 0.6) is 0 Å². The fraction of sp³-hybridized carbons (Fsp3) is 0.391. The molecule has 1 atom stereocenters. The summed E-state index contributed by atoms with van der Waals surface area (Å²) in [5.74, 6) is 0. The third kappa shape index (κ3) is 5.02. The second-order valence-corrected chi connectivity index (χ2v) is 7.53. The summed E-state index contributed by atoms with van der Waals surface area (Å²) in [5.41, 5.74) is 2.70. The molecule has 1 aliphatic heterocycles. The molecule has 0 saturated carbocycles. The monoisotopic (exact) mass is 392 g/mol. The van der Waals surface area contributed by atoms with Crippen LogP contribution in [0.4, 0.5) is 5.69 Å². The van der Waals surface area contributed by atoms with Gasteiger partial charge < -0.3 is 15.4 Å². The second kappa shape index (κ2) is 9.67. The fourth-order valence-corrected chi connectivity index (χ4v) is 3.77. The van der Waals surface area contributed by atoms with Gasteiger partial charge in [-0.2, -0.15) is 5.10 Å². The number of hydrogen-bond acceptors (Lipinski definition) is 5. The van der Waals surface area contributed by atoms with Crippen LogP contribution in [-0.4, -0.2) is 42.5 Å². The molecule has 2 heterocycles. The van der Waals surface area contributed by atoms with E-state index in [9.17, 15) is 4.79 Å². The molecule has 2 aromatic carbocycles. The molecule has 1 saturated heterocycles. The Labute approximate surface area is 170 Å². The van der Waals surface area contributed by atoms with Gasteiger partial charge in [-0.15, -0.1) is 0 Å². The van der Waals surface area contributed by atoms with Crippen molar-refractivity contribution in [1.29, 1.82) is 0 Å². The first-order valence-corrected chi connectivity index (χ1v) is 10.4. The Bertz CT molecular complexity index is 995. The normalized spacial score (nSPS) is 16.3. The minimum Gasteiger partial charge on any atom is -0.385 e. The molecule has 29 heavy (non-hydrogen) atoms. The average molecular weight is 393 g/mol. The van der Waals surface area contributed by atoms with Crippen LogP contribution in [-0.2, 0) is 4.74 Å². The number of anilines is 1. The minimum atomic E-state index is -0.159. The Morgan fingerprint density at radius 1 is 1.03 bits per heavy atom. The maximum atomic E-state index is 12.0. The van der Waals surface area contributed by atoms with Gasteiger partial charge in [-0.3, -0.25) is 4.79 Å². The lowest BCUT2D eigenvalue weighted by Crippen LogP contribution is -2.29. The third-order valence-corrected chi connectivity index (χ3v) is 5.38. The lowest BCUT2D eigenvalue weighted by Gasteiger charge is -2.11. The maximum Gasteiger partial charge on any atom is 0.272 e. The highest BCUT2D eigenvalue weighted by Crippen LogP contribution is 2.26. The number of fused-ring (bicyclic) bond motifs is 1. The topological polar surface area (TPSA) is 79.0 Å².